The van der Waals surface area contributed by atoms with Crippen LogP contribution < -0.4 is 22.8 Å². The van der Waals surface area contributed by atoms with Gasteiger partial charge in [-0.3, -0.25) is 24.9 Å². The van der Waals surface area contributed by atoms with Gasteiger partial charge in [-0.2, -0.15) is 0 Å². The van der Waals surface area contributed by atoms with Gasteiger partial charge in [0, 0.05) is 109 Å². The van der Waals surface area contributed by atoms with Crippen molar-refractivity contribution < 1.29 is 22.8 Å². The summed E-state index contributed by atoms with van der Waals surface area (Å²) in [5, 5.41) is 0. The van der Waals surface area contributed by atoms with Crippen LogP contribution in [0.2, 0.25) is 0 Å². The molecular weight excluding hydrogens is 1580 g/mol. The van der Waals surface area contributed by atoms with E-state index in [1.807, 2.05) is 43.2 Å². The molecule has 0 amide bonds. The van der Waals surface area contributed by atoms with Gasteiger partial charge in [-0.25, -0.2) is 22.8 Å². The second-order valence-electron chi connectivity index (χ2n) is 36.0. The first-order valence-electron chi connectivity index (χ1n) is 45.7. The number of pyridine rings is 10. The number of benzene rings is 7. The maximum atomic E-state index is 5.09. The summed E-state index contributed by atoms with van der Waals surface area (Å²) >= 11 is 0. The molecule has 0 atom stereocenters. The minimum Gasteiger partial charge on any atom is -0.264 e. The van der Waals surface area contributed by atoms with E-state index in [2.05, 4.69) is 484 Å². The van der Waals surface area contributed by atoms with Crippen LogP contribution in [0.15, 0.2) is 323 Å². The van der Waals surface area contributed by atoms with Crippen molar-refractivity contribution in [3.8, 4) is 134 Å². The highest BCUT2D eigenvalue weighted by molar-refractivity contribution is 5.95. The van der Waals surface area contributed by atoms with Crippen molar-refractivity contribution in [2.45, 2.75) is 155 Å². The van der Waals surface area contributed by atoms with Crippen molar-refractivity contribution in [3.05, 3.63) is 407 Å². The van der Waals surface area contributed by atoms with Gasteiger partial charge in [-0.15, -0.1) is 0 Å². The molecule has 7 aromatic carbocycles. The first-order chi connectivity index (χ1) is 62.5. The highest BCUT2D eigenvalue weighted by Crippen LogP contribution is 2.44. The Bertz CT molecular complexity index is 6680. The van der Waals surface area contributed by atoms with Gasteiger partial charge < -0.3 is 0 Å². The topological polar surface area (TPSA) is 83.8 Å². The van der Waals surface area contributed by atoms with E-state index in [0.717, 1.165) is 34.0 Å². The molecule has 17 aromatic rings. The maximum absolute atomic E-state index is 5.09. The van der Waals surface area contributed by atoms with Crippen LogP contribution >= 0.6 is 0 Å². The predicted octanol–water partition coefficient (Wildman–Crippen LogP) is 27.4. The van der Waals surface area contributed by atoms with Gasteiger partial charge in [0.05, 0.1) is 50.6 Å². The molecule has 10 heteroatoms. The normalized spacial score (nSPS) is 11.0. The summed E-state index contributed by atoms with van der Waals surface area (Å²) in [6.45, 7) is 41.8. The Morgan fingerprint density at radius 1 is 0.208 bits per heavy atom. The van der Waals surface area contributed by atoms with E-state index in [0.29, 0.717) is 23.7 Å². The molecule has 17 rings (SSSR count). The molecule has 0 aliphatic carbocycles. The summed E-state index contributed by atoms with van der Waals surface area (Å²) in [6, 6.07) is 90.9. The molecule has 10 heterocycles. The summed E-state index contributed by atoms with van der Waals surface area (Å²) in [5.41, 5.74) is 48.4. The highest BCUT2D eigenvalue weighted by atomic mass is 14.9. The first-order valence-corrected chi connectivity index (χ1v) is 45.7. The van der Waals surface area contributed by atoms with Gasteiger partial charge in [0.15, 0.2) is 31.0 Å². The van der Waals surface area contributed by atoms with Crippen molar-refractivity contribution in [1.29, 1.82) is 0 Å². The van der Waals surface area contributed by atoms with Crippen LogP contribution in [-0.4, -0.2) is 24.9 Å². The average Bonchev–Trinajstić information content (AvgIpc) is 0.760. The van der Waals surface area contributed by atoms with E-state index in [9.17, 15) is 0 Å². The van der Waals surface area contributed by atoms with Gasteiger partial charge in [0.2, 0.25) is 28.5 Å². The minimum atomic E-state index is 0.465. The lowest BCUT2D eigenvalue weighted by Crippen LogP contribution is -2.30. The molecule has 0 N–H and O–H groups in total. The number of hydrogen-bond donors (Lipinski definition) is 0. The lowest BCUT2D eigenvalue weighted by atomic mass is 9.85. The molecule has 0 fully saturated rings. The quantitative estimate of drug-likeness (QED) is 0.0900. The molecule has 0 saturated carbocycles. The molecule has 0 unspecified atom stereocenters. The zero-order chi connectivity index (χ0) is 92.7. The van der Waals surface area contributed by atoms with Crippen LogP contribution in [0, 0.1) is 76.2 Å². The molecule has 0 aliphatic heterocycles. The molecule has 130 heavy (non-hydrogen) atoms. The summed E-state index contributed by atoms with van der Waals surface area (Å²) in [4.78, 5) is 23.0. The SMILES string of the molecule is Cc1cc(-c2c(C(C)C)cccc2C(C)C)nc(C)c1-c1cccc[n+]1C.Cc1cccc(C)c1-c1cc(C)c(-c2cccc[n+]2C)c(C)n1.Cc1ccncc1-c1cc(-c2c(-c3ccccc3)cccc2-c2ccccc2)cc[n+]1C.Cc1ccncc1-c1cc(-c2c(C(C)C)cccc2C(C)C)cc[n+]1C.Cc1ccncc1-c1cc(-c2c(C)cccc2C)cc[n+]1C. The lowest BCUT2D eigenvalue weighted by molar-refractivity contribution is -0.660. The van der Waals surface area contributed by atoms with Gasteiger partial charge in [0.25, 0.3) is 0 Å². The molecule has 0 radical (unpaired) electrons. The first kappa shape index (κ1) is 93.7. The van der Waals surface area contributed by atoms with Crippen molar-refractivity contribution in [1.82, 2.24) is 24.9 Å². The zero-order valence-corrected chi connectivity index (χ0v) is 80.9. The van der Waals surface area contributed by atoms with E-state index >= 15 is 0 Å². The van der Waals surface area contributed by atoms with Gasteiger partial charge >= 0.3 is 0 Å². The molecule has 0 spiro atoms. The van der Waals surface area contributed by atoms with Crippen LogP contribution in [0.25, 0.3) is 134 Å². The highest BCUT2D eigenvalue weighted by Gasteiger charge is 2.27. The molecule has 10 nitrogen and oxygen atoms in total. The summed E-state index contributed by atoms with van der Waals surface area (Å²) in [5.74, 6) is 1.91. The van der Waals surface area contributed by atoms with Crippen molar-refractivity contribution in [3.63, 3.8) is 0 Å². The smallest absolute Gasteiger partial charge is 0.214 e. The Balaban J connectivity index is 0.000000139. The van der Waals surface area contributed by atoms with Crippen molar-refractivity contribution >= 4 is 0 Å². The summed E-state index contributed by atoms with van der Waals surface area (Å²) in [7, 11) is 10.4. The van der Waals surface area contributed by atoms with E-state index in [1.54, 1.807) is 0 Å². The Morgan fingerprint density at radius 3 is 0.846 bits per heavy atom. The third kappa shape index (κ3) is 21.2. The van der Waals surface area contributed by atoms with Crippen LogP contribution in [0.5, 0.6) is 0 Å². The minimum absolute atomic E-state index is 0.465. The van der Waals surface area contributed by atoms with Crippen LogP contribution in [0.4, 0.5) is 0 Å². The summed E-state index contributed by atoms with van der Waals surface area (Å²) < 4.78 is 10.8. The van der Waals surface area contributed by atoms with E-state index < -0.39 is 0 Å². The molecule has 0 saturated heterocycles. The van der Waals surface area contributed by atoms with Crippen LogP contribution in [0.1, 0.15) is 163 Å². The molecule has 654 valence electrons. The van der Waals surface area contributed by atoms with Gasteiger partial charge in [-0.1, -0.05) is 207 Å². The van der Waals surface area contributed by atoms with Gasteiger partial charge in [0.1, 0.15) is 35.2 Å². The van der Waals surface area contributed by atoms with E-state index in [4.69, 9.17) is 9.97 Å². The average molecular weight is 1710 g/mol. The fraction of sp³-hybridized carbons (Fsp3) is 0.233. The molecule has 0 bridgehead atoms. The Kier molecular flexibility index (Phi) is 30.5. The second-order valence-corrected chi connectivity index (χ2v) is 36.0. The Labute approximate surface area is 774 Å². The molecular formula is C120H129N10+5. The second kappa shape index (κ2) is 42.3. The van der Waals surface area contributed by atoms with Crippen LogP contribution in [0.3, 0.4) is 0 Å². The van der Waals surface area contributed by atoms with Gasteiger partial charge in [-0.05, 0) is 270 Å². The van der Waals surface area contributed by atoms with Crippen LogP contribution in [-0.2, 0) is 35.2 Å². The third-order valence-corrected chi connectivity index (χ3v) is 25.1. The molecule has 10 aromatic heterocycles. The van der Waals surface area contributed by atoms with Crippen molar-refractivity contribution in [2.24, 2.45) is 35.2 Å². The molecule has 0 aliphatic rings. The lowest BCUT2D eigenvalue weighted by Gasteiger charge is -2.20. The Hall–Kier alpha value is -14.0. The number of hydrogen-bond acceptors (Lipinski definition) is 5. The summed E-state index contributed by atoms with van der Waals surface area (Å²) in [6.07, 6.45) is 22.0. The third-order valence-electron chi connectivity index (χ3n) is 25.1. The van der Waals surface area contributed by atoms with E-state index in [-0.39, 0.29) is 0 Å². The largest absolute Gasteiger partial charge is 0.264 e. The number of nitrogens with zero attached hydrogens (tertiary/aromatic N) is 10. The Morgan fingerprint density at radius 2 is 0.508 bits per heavy atom. The fourth-order valence-corrected chi connectivity index (χ4v) is 18.2. The van der Waals surface area contributed by atoms with E-state index in [1.165, 1.54) is 184 Å². The number of aromatic nitrogens is 10. The standard InChI is InChI=1S/C30H25N2.C25H31N2.C24H29N2.C21H23N2.C20H21N2/c1-22-16-18-31-21-28(22)29-20-25(17-19-32(29)2)30-26(23-10-5-3-6-11-23)14-9-15-27(30)24-12-7-4-8-13-24;1-16(2)20-11-10-12-21(17(3)4)25(20)22-15-18(5)24(19(6)26-22)23-13-8-9-14-27(23)7;1-16(2)20-8-7-9-21(17(3)4)24(20)19-11-13-26(6)23(14-19)22-15-25-12-10-18(22)5;1-14-9-8-10-15(2)20(14)18-13-16(3)21(17(4)22-18)19-11-6-7-12-23(19)5;1-14-8-10-21-13-18(14)19-12-17(9-11-22(19)4)20-15(2)6-5-7-16(20)3/h3-21H,1-2H3;8-17H,1-7H3;7-17H,1-6H3;6-13H,1-5H3;5-13H,1-4H3/q5*+1. The monoisotopic (exact) mass is 1710 g/mol. The predicted molar refractivity (Wildman–Crippen MR) is 541 cm³/mol. The number of rotatable bonds is 16. The zero-order valence-electron chi connectivity index (χ0n) is 80.9. The number of aryl methyl sites for hydroxylation is 16. The van der Waals surface area contributed by atoms with Crippen molar-refractivity contribution in [2.75, 3.05) is 0 Å². The maximum Gasteiger partial charge on any atom is 0.214 e. The fourth-order valence-electron chi connectivity index (χ4n) is 18.2.